The van der Waals surface area contributed by atoms with E-state index in [1.54, 1.807) is 0 Å². The highest BCUT2D eigenvalue weighted by Gasteiger charge is 2.55. The molecule has 1 saturated heterocycles. The van der Waals surface area contributed by atoms with Crippen LogP contribution in [0, 0.1) is 10.8 Å². The molecule has 0 aromatic rings. The molecule has 1 atom stereocenters. The van der Waals surface area contributed by atoms with Crippen molar-refractivity contribution < 1.29 is 0 Å². The Labute approximate surface area is 87.8 Å². The van der Waals surface area contributed by atoms with E-state index in [9.17, 15) is 0 Å². The van der Waals surface area contributed by atoms with E-state index in [0.29, 0.717) is 10.8 Å². The molecule has 0 radical (unpaired) electrons. The number of likely N-dealkylation sites (tertiary alicyclic amines) is 1. The van der Waals surface area contributed by atoms with Crippen LogP contribution in [0.1, 0.15) is 46.0 Å². The molecule has 14 heavy (non-hydrogen) atoms. The Kier molecular flexibility index (Phi) is 2.39. The fraction of sp³-hybridized carbons (Fsp3) is 1.00. The van der Waals surface area contributed by atoms with Crippen molar-refractivity contribution in [1.82, 2.24) is 4.90 Å². The van der Waals surface area contributed by atoms with E-state index in [4.69, 9.17) is 5.73 Å². The molecule has 1 aliphatic heterocycles. The Balaban J connectivity index is 2.29. The quantitative estimate of drug-likeness (QED) is 0.643. The fourth-order valence-electron chi connectivity index (χ4n) is 3.86. The molecule has 2 fully saturated rings. The van der Waals surface area contributed by atoms with Crippen molar-refractivity contribution in [3.05, 3.63) is 0 Å². The van der Waals surface area contributed by atoms with Crippen LogP contribution in [0.2, 0.25) is 0 Å². The average molecular weight is 196 g/mol. The van der Waals surface area contributed by atoms with Gasteiger partial charge in [-0.05, 0) is 25.3 Å². The topological polar surface area (TPSA) is 29.3 Å². The highest BCUT2D eigenvalue weighted by molar-refractivity contribution is 5.06. The molecule has 1 heterocycles. The maximum atomic E-state index is 6.39. The smallest absolute Gasteiger partial charge is 0.0633 e. The second kappa shape index (κ2) is 3.21. The van der Waals surface area contributed by atoms with Gasteiger partial charge in [0.15, 0.2) is 0 Å². The summed E-state index contributed by atoms with van der Waals surface area (Å²) in [5.74, 6) is 0. The highest BCUT2D eigenvalue weighted by atomic mass is 15.3. The summed E-state index contributed by atoms with van der Waals surface area (Å²) < 4.78 is 0. The zero-order valence-electron chi connectivity index (χ0n) is 9.84. The van der Waals surface area contributed by atoms with Gasteiger partial charge in [0.1, 0.15) is 0 Å². The van der Waals surface area contributed by atoms with Crippen molar-refractivity contribution in [1.29, 1.82) is 0 Å². The van der Waals surface area contributed by atoms with E-state index < -0.39 is 0 Å². The molecule has 0 aromatic carbocycles. The number of rotatable bonds is 0. The van der Waals surface area contributed by atoms with E-state index in [2.05, 4.69) is 25.8 Å². The number of nitrogens with zero attached hydrogens (tertiary/aromatic N) is 1. The van der Waals surface area contributed by atoms with Crippen molar-refractivity contribution >= 4 is 0 Å². The first-order chi connectivity index (χ1) is 6.50. The molecule has 2 N–H and O–H groups in total. The zero-order valence-corrected chi connectivity index (χ0v) is 9.84. The van der Waals surface area contributed by atoms with Crippen LogP contribution in [0.25, 0.3) is 0 Å². The largest absolute Gasteiger partial charge is 0.315 e. The molecule has 1 unspecified atom stereocenters. The first-order valence-corrected chi connectivity index (χ1v) is 5.95. The van der Waals surface area contributed by atoms with Gasteiger partial charge < -0.3 is 5.73 Å². The van der Waals surface area contributed by atoms with Crippen LogP contribution >= 0.6 is 0 Å². The van der Waals surface area contributed by atoms with Crippen LogP contribution in [0.4, 0.5) is 0 Å². The van der Waals surface area contributed by atoms with Crippen LogP contribution in [0.3, 0.4) is 0 Å². The van der Waals surface area contributed by atoms with Gasteiger partial charge in [-0.2, -0.15) is 0 Å². The molecule has 1 aliphatic carbocycles. The summed E-state index contributed by atoms with van der Waals surface area (Å²) in [4.78, 5) is 2.35. The molecule has 82 valence electrons. The van der Waals surface area contributed by atoms with Crippen molar-refractivity contribution in [3.8, 4) is 0 Å². The highest BCUT2D eigenvalue weighted by Crippen LogP contribution is 2.56. The molecule has 2 aliphatic rings. The predicted molar refractivity (Wildman–Crippen MR) is 59.9 cm³/mol. The van der Waals surface area contributed by atoms with Crippen LogP contribution in [0.15, 0.2) is 0 Å². The summed E-state index contributed by atoms with van der Waals surface area (Å²) in [6.45, 7) is 5.97. The maximum Gasteiger partial charge on any atom is 0.0633 e. The van der Waals surface area contributed by atoms with Gasteiger partial charge in [0, 0.05) is 12.0 Å². The minimum absolute atomic E-state index is 0.290. The van der Waals surface area contributed by atoms with Gasteiger partial charge in [-0.3, -0.25) is 4.90 Å². The Hall–Kier alpha value is -0.0800. The minimum atomic E-state index is 0.290. The van der Waals surface area contributed by atoms with Crippen LogP contribution in [-0.4, -0.2) is 24.7 Å². The fourth-order valence-corrected chi connectivity index (χ4v) is 3.86. The van der Waals surface area contributed by atoms with Crippen molar-refractivity contribution in [2.24, 2.45) is 16.6 Å². The Morgan fingerprint density at radius 2 is 1.71 bits per heavy atom. The SMILES string of the molecule is CN1CC(C)(C)C2(CCCCC2)C1N. The minimum Gasteiger partial charge on any atom is -0.315 e. The van der Waals surface area contributed by atoms with Crippen molar-refractivity contribution in [3.63, 3.8) is 0 Å². The van der Waals surface area contributed by atoms with E-state index in [1.165, 1.54) is 32.1 Å². The molecule has 2 rings (SSSR count). The van der Waals surface area contributed by atoms with E-state index >= 15 is 0 Å². The molecular weight excluding hydrogens is 172 g/mol. The lowest BCUT2D eigenvalue weighted by atomic mass is 9.59. The second-order valence-electron chi connectivity index (χ2n) is 5.96. The van der Waals surface area contributed by atoms with E-state index in [-0.39, 0.29) is 6.17 Å². The first kappa shape index (κ1) is 10.4. The van der Waals surface area contributed by atoms with Crippen LogP contribution in [-0.2, 0) is 0 Å². The second-order valence-corrected chi connectivity index (χ2v) is 5.96. The standard InChI is InChI=1S/C12H24N2/c1-11(2)9-14(3)10(13)12(11)7-5-4-6-8-12/h10H,4-9,13H2,1-3H3. The molecular formula is C12H24N2. The van der Waals surface area contributed by atoms with Gasteiger partial charge in [0.2, 0.25) is 0 Å². The monoisotopic (exact) mass is 196 g/mol. The van der Waals surface area contributed by atoms with Crippen LogP contribution in [0.5, 0.6) is 0 Å². The van der Waals surface area contributed by atoms with Gasteiger partial charge in [-0.25, -0.2) is 0 Å². The predicted octanol–water partition coefficient (Wildman–Crippen LogP) is 2.19. The van der Waals surface area contributed by atoms with Crippen LogP contribution < -0.4 is 5.73 Å². The molecule has 2 nitrogen and oxygen atoms in total. The normalized spacial score (nSPS) is 36.4. The summed E-state index contributed by atoms with van der Waals surface area (Å²) in [6.07, 6.45) is 7.14. The Morgan fingerprint density at radius 3 is 2.14 bits per heavy atom. The molecule has 1 spiro atoms. The lowest BCUT2D eigenvalue weighted by molar-refractivity contribution is 0.0430. The number of nitrogens with two attached hydrogens (primary N) is 1. The summed E-state index contributed by atoms with van der Waals surface area (Å²) in [6, 6.07) is 0. The van der Waals surface area contributed by atoms with Crippen molar-refractivity contribution in [2.45, 2.75) is 52.1 Å². The number of hydrogen-bond donors (Lipinski definition) is 1. The summed E-state index contributed by atoms with van der Waals surface area (Å²) in [5, 5.41) is 0. The van der Waals surface area contributed by atoms with Gasteiger partial charge >= 0.3 is 0 Å². The van der Waals surface area contributed by atoms with Gasteiger partial charge in [0.05, 0.1) is 6.17 Å². The zero-order chi connectivity index (χ0) is 10.4. The lowest BCUT2D eigenvalue weighted by Gasteiger charge is -2.46. The lowest BCUT2D eigenvalue weighted by Crippen LogP contribution is -2.49. The third-order valence-corrected chi connectivity index (χ3v) is 4.78. The first-order valence-electron chi connectivity index (χ1n) is 5.95. The van der Waals surface area contributed by atoms with Gasteiger partial charge in [0.25, 0.3) is 0 Å². The van der Waals surface area contributed by atoms with E-state index in [1.807, 2.05) is 0 Å². The third kappa shape index (κ3) is 1.24. The van der Waals surface area contributed by atoms with Gasteiger partial charge in [-0.15, -0.1) is 0 Å². The molecule has 2 heteroatoms. The molecule has 0 aromatic heterocycles. The Morgan fingerprint density at radius 1 is 1.14 bits per heavy atom. The van der Waals surface area contributed by atoms with Crippen molar-refractivity contribution in [2.75, 3.05) is 13.6 Å². The average Bonchev–Trinajstić information content (AvgIpc) is 2.30. The number of hydrogen-bond acceptors (Lipinski definition) is 2. The van der Waals surface area contributed by atoms with Gasteiger partial charge in [-0.1, -0.05) is 33.1 Å². The third-order valence-electron chi connectivity index (χ3n) is 4.78. The summed E-state index contributed by atoms with van der Waals surface area (Å²) in [5.41, 5.74) is 7.20. The summed E-state index contributed by atoms with van der Waals surface area (Å²) >= 11 is 0. The molecule has 0 bridgehead atoms. The van der Waals surface area contributed by atoms with E-state index in [0.717, 1.165) is 6.54 Å². The molecule has 0 amide bonds. The molecule has 1 saturated carbocycles. The Bertz CT molecular complexity index is 216. The maximum absolute atomic E-state index is 6.39. The summed E-state index contributed by atoms with van der Waals surface area (Å²) in [7, 11) is 2.18.